The summed E-state index contributed by atoms with van der Waals surface area (Å²) in [6.07, 6.45) is 0. The summed E-state index contributed by atoms with van der Waals surface area (Å²) < 4.78 is 1.13. The molecule has 6 nitrogen and oxygen atoms in total. The number of H-pyrrole nitrogens is 1. The first-order valence-electron chi connectivity index (χ1n) is 6.13. The van der Waals surface area contributed by atoms with Gasteiger partial charge in [0.25, 0.3) is 11.1 Å². The van der Waals surface area contributed by atoms with E-state index in [1.807, 2.05) is 19.1 Å². The maximum absolute atomic E-state index is 12.4. The minimum absolute atomic E-state index is 0.133. The van der Waals surface area contributed by atoms with E-state index in [0.29, 0.717) is 16.8 Å². The molecule has 0 spiro atoms. The van der Waals surface area contributed by atoms with E-state index in [9.17, 15) is 9.59 Å². The fraction of sp³-hybridized carbons (Fsp3) is 0.143. The second kappa shape index (κ2) is 4.41. The molecular formula is C14H12N4O2. The fourth-order valence-electron chi connectivity index (χ4n) is 2.16. The summed E-state index contributed by atoms with van der Waals surface area (Å²) >= 11 is 0. The number of aryl methyl sites for hydroxylation is 2. The van der Waals surface area contributed by atoms with Crippen LogP contribution in [0.15, 0.2) is 39.9 Å². The van der Waals surface area contributed by atoms with Gasteiger partial charge in [-0.25, -0.2) is 4.98 Å². The largest absolute Gasteiger partial charge is 0.291 e. The standard InChI is InChI=1S/C14H12N4O2/c1-8-7-12(19)16-14(15-8)18-13(20)11-6-4-3-5-10(11)9(2)17-18/h3-7H,1-2H3,(H,15,16,19). The van der Waals surface area contributed by atoms with Crippen LogP contribution in [0.5, 0.6) is 0 Å². The predicted molar refractivity (Wildman–Crippen MR) is 75.2 cm³/mol. The molecule has 2 heterocycles. The molecule has 0 aliphatic heterocycles. The molecule has 0 aliphatic carbocycles. The second-order valence-corrected chi connectivity index (χ2v) is 4.56. The number of aromatic nitrogens is 4. The molecule has 0 radical (unpaired) electrons. The summed E-state index contributed by atoms with van der Waals surface area (Å²) in [5, 5.41) is 5.57. The molecule has 0 aliphatic rings. The molecule has 3 aromatic rings. The van der Waals surface area contributed by atoms with E-state index in [4.69, 9.17) is 0 Å². The topological polar surface area (TPSA) is 80.6 Å². The molecule has 2 aromatic heterocycles. The molecule has 0 atom stereocenters. The molecule has 3 rings (SSSR count). The molecule has 20 heavy (non-hydrogen) atoms. The lowest BCUT2D eigenvalue weighted by Gasteiger charge is -2.07. The van der Waals surface area contributed by atoms with Gasteiger partial charge in [0.2, 0.25) is 5.95 Å². The monoisotopic (exact) mass is 268 g/mol. The Morgan fingerprint density at radius 2 is 1.80 bits per heavy atom. The van der Waals surface area contributed by atoms with Crippen LogP contribution in [-0.4, -0.2) is 19.7 Å². The summed E-state index contributed by atoms with van der Waals surface area (Å²) in [5.41, 5.74) is 0.611. The number of rotatable bonds is 1. The molecule has 100 valence electrons. The highest BCUT2D eigenvalue weighted by atomic mass is 16.1. The first-order valence-corrected chi connectivity index (χ1v) is 6.13. The van der Waals surface area contributed by atoms with Gasteiger partial charge in [0, 0.05) is 17.1 Å². The lowest BCUT2D eigenvalue weighted by atomic mass is 10.1. The van der Waals surface area contributed by atoms with Crippen molar-refractivity contribution in [3.05, 3.63) is 62.4 Å². The third kappa shape index (κ3) is 1.91. The Bertz CT molecular complexity index is 924. The summed E-state index contributed by atoms with van der Waals surface area (Å²) in [5.74, 6) is 0.133. The third-order valence-corrected chi connectivity index (χ3v) is 3.05. The summed E-state index contributed by atoms with van der Waals surface area (Å²) in [6.45, 7) is 3.50. The highest BCUT2D eigenvalue weighted by Gasteiger charge is 2.10. The van der Waals surface area contributed by atoms with E-state index < -0.39 is 0 Å². The van der Waals surface area contributed by atoms with Gasteiger partial charge in [-0.05, 0) is 19.9 Å². The first-order chi connectivity index (χ1) is 9.56. The summed E-state index contributed by atoms with van der Waals surface area (Å²) in [7, 11) is 0. The van der Waals surface area contributed by atoms with Crippen molar-refractivity contribution in [1.82, 2.24) is 19.7 Å². The molecule has 1 N–H and O–H groups in total. The molecular weight excluding hydrogens is 256 g/mol. The fourth-order valence-corrected chi connectivity index (χ4v) is 2.16. The van der Waals surface area contributed by atoms with Crippen LogP contribution in [0, 0.1) is 13.8 Å². The van der Waals surface area contributed by atoms with Crippen molar-refractivity contribution in [2.75, 3.05) is 0 Å². The Labute approximate surface area is 113 Å². The highest BCUT2D eigenvalue weighted by molar-refractivity contribution is 5.83. The van der Waals surface area contributed by atoms with Crippen LogP contribution in [-0.2, 0) is 0 Å². The average molecular weight is 268 g/mol. The van der Waals surface area contributed by atoms with Crippen LogP contribution in [0.1, 0.15) is 11.4 Å². The Balaban J connectivity index is 2.40. The van der Waals surface area contributed by atoms with Gasteiger partial charge in [0.1, 0.15) is 0 Å². The van der Waals surface area contributed by atoms with Crippen LogP contribution in [0.25, 0.3) is 16.7 Å². The van der Waals surface area contributed by atoms with Crippen molar-refractivity contribution in [3.8, 4) is 5.95 Å². The first kappa shape index (κ1) is 12.3. The number of hydrogen-bond donors (Lipinski definition) is 1. The van der Waals surface area contributed by atoms with E-state index in [0.717, 1.165) is 10.1 Å². The molecule has 0 saturated carbocycles. The van der Waals surface area contributed by atoms with E-state index in [2.05, 4.69) is 15.1 Å². The smallest absolute Gasteiger partial charge is 0.282 e. The van der Waals surface area contributed by atoms with Crippen LogP contribution >= 0.6 is 0 Å². The van der Waals surface area contributed by atoms with E-state index in [1.54, 1.807) is 19.1 Å². The maximum Gasteiger partial charge on any atom is 0.282 e. The van der Waals surface area contributed by atoms with Crippen LogP contribution in [0.3, 0.4) is 0 Å². The number of fused-ring (bicyclic) bond motifs is 1. The molecule has 0 saturated heterocycles. The molecule has 0 fully saturated rings. The maximum atomic E-state index is 12.4. The van der Waals surface area contributed by atoms with Gasteiger partial charge in [-0.15, -0.1) is 0 Å². The van der Waals surface area contributed by atoms with Crippen molar-refractivity contribution in [1.29, 1.82) is 0 Å². The second-order valence-electron chi connectivity index (χ2n) is 4.56. The molecule has 1 aromatic carbocycles. The molecule has 6 heteroatoms. The lowest BCUT2D eigenvalue weighted by molar-refractivity contribution is 0.739. The summed E-state index contributed by atoms with van der Waals surface area (Å²) in [6, 6.07) is 8.59. The van der Waals surface area contributed by atoms with Crippen molar-refractivity contribution in [2.45, 2.75) is 13.8 Å². The van der Waals surface area contributed by atoms with Crippen molar-refractivity contribution in [2.24, 2.45) is 0 Å². The zero-order valence-electron chi connectivity index (χ0n) is 11.0. The van der Waals surface area contributed by atoms with Gasteiger partial charge >= 0.3 is 0 Å². The Hall–Kier alpha value is -2.76. The number of benzene rings is 1. The molecule has 0 bridgehead atoms. The van der Waals surface area contributed by atoms with Gasteiger partial charge in [0.05, 0.1) is 11.1 Å². The van der Waals surface area contributed by atoms with Gasteiger partial charge in [-0.3, -0.25) is 14.6 Å². The quantitative estimate of drug-likeness (QED) is 0.716. The van der Waals surface area contributed by atoms with Crippen molar-refractivity contribution >= 4 is 10.8 Å². The Morgan fingerprint density at radius 3 is 2.50 bits per heavy atom. The number of hydrogen-bond acceptors (Lipinski definition) is 4. The summed E-state index contributed by atoms with van der Waals surface area (Å²) in [4.78, 5) is 30.6. The van der Waals surface area contributed by atoms with Crippen LogP contribution < -0.4 is 11.1 Å². The van der Waals surface area contributed by atoms with Gasteiger partial charge in [-0.1, -0.05) is 18.2 Å². The van der Waals surface area contributed by atoms with Crippen molar-refractivity contribution in [3.63, 3.8) is 0 Å². The lowest BCUT2D eigenvalue weighted by Crippen LogP contribution is -2.26. The minimum Gasteiger partial charge on any atom is -0.291 e. The van der Waals surface area contributed by atoms with E-state index >= 15 is 0 Å². The van der Waals surface area contributed by atoms with Gasteiger partial charge < -0.3 is 0 Å². The highest BCUT2D eigenvalue weighted by Crippen LogP contribution is 2.12. The zero-order chi connectivity index (χ0) is 14.3. The molecule has 0 amide bonds. The predicted octanol–water partition coefficient (Wildman–Crippen LogP) is 1.09. The Kier molecular flexibility index (Phi) is 2.71. The zero-order valence-corrected chi connectivity index (χ0v) is 11.0. The number of nitrogens with one attached hydrogen (secondary N) is 1. The normalized spacial score (nSPS) is 10.9. The number of aromatic amines is 1. The van der Waals surface area contributed by atoms with Crippen molar-refractivity contribution < 1.29 is 0 Å². The number of nitrogens with zero attached hydrogens (tertiary/aromatic N) is 3. The third-order valence-electron chi connectivity index (χ3n) is 3.05. The minimum atomic E-state index is -0.313. The molecule has 0 unspecified atom stereocenters. The van der Waals surface area contributed by atoms with E-state index in [1.165, 1.54) is 6.07 Å². The SMILES string of the molecule is Cc1cc(=O)[nH]c(-n2nc(C)c3ccccc3c2=O)n1. The Morgan fingerprint density at radius 1 is 1.10 bits per heavy atom. The van der Waals surface area contributed by atoms with Crippen LogP contribution in [0.2, 0.25) is 0 Å². The van der Waals surface area contributed by atoms with Gasteiger partial charge in [-0.2, -0.15) is 9.78 Å². The van der Waals surface area contributed by atoms with Crippen LogP contribution in [0.4, 0.5) is 0 Å². The van der Waals surface area contributed by atoms with Gasteiger partial charge in [0.15, 0.2) is 0 Å². The van der Waals surface area contributed by atoms with E-state index in [-0.39, 0.29) is 17.1 Å². The average Bonchev–Trinajstić information content (AvgIpc) is 2.42.